The van der Waals surface area contributed by atoms with Gasteiger partial charge in [-0.3, -0.25) is 4.98 Å². The van der Waals surface area contributed by atoms with Crippen LogP contribution in [-0.2, 0) is 16.2 Å². The summed E-state index contributed by atoms with van der Waals surface area (Å²) in [6.07, 6.45) is -1.24. The first-order valence-corrected chi connectivity index (χ1v) is 9.10. The number of nitrogens with zero attached hydrogens (tertiary/aromatic N) is 1. The van der Waals surface area contributed by atoms with E-state index in [4.69, 9.17) is 5.14 Å². The highest BCUT2D eigenvalue weighted by molar-refractivity contribution is 7.89. The Hall–Kier alpha value is -2.19. The molecule has 1 heterocycles. The van der Waals surface area contributed by atoms with Gasteiger partial charge in [-0.15, -0.1) is 0 Å². The number of rotatable bonds is 3. The third kappa shape index (κ3) is 3.74. The van der Waals surface area contributed by atoms with Gasteiger partial charge < -0.3 is 0 Å². The standard InChI is InChI=1S/C17H15F3N2O2S/c18-17(19,20)12-6-9-16(22-10-12)15-3-1-2-14(15)11-4-7-13(8-5-11)25(21,23)24/h4-10H,1-3H2,(H2,21,23,24). The van der Waals surface area contributed by atoms with Gasteiger partial charge in [0.25, 0.3) is 0 Å². The smallest absolute Gasteiger partial charge is 0.256 e. The molecule has 3 rings (SSSR count). The minimum absolute atomic E-state index is 0.0176. The summed E-state index contributed by atoms with van der Waals surface area (Å²) in [5.74, 6) is 0. The predicted molar refractivity (Wildman–Crippen MR) is 87.7 cm³/mol. The van der Waals surface area contributed by atoms with Crippen molar-refractivity contribution in [3.8, 4) is 0 Å². The topological polar surface area (TPSA) is 73.1 Å². The second-order valence-corrected chi connectivity index (χ2v) is 7.37. The number of pyridine rings is 1. The van der Waals surface area contributed by atoms with E-state index in [0.29, 0.717) is 12.1 Å². The van der Waals surface area contributed by atoms with Gasteiger partial charge in [-0.05, 0) is 60.2 Å². The molecule has 4 nitrogen and oxygen atoms in total. The van der Waals surface area contributed by atoms with E-state index in [1.807, 2.05) is 0 Å². The zero-order valence-corrected chi connectivity index (χ0v) is 13.9. The molecule has 1 aliphatic rings. The Morgan fingerprint density at radius 2 is 1.60 bits per heavy atom. The summed E-state index contributed by atoms with van der Waals surface area (Å²) in [6, 6.07) is 8.56. The van der Waals surface area contributed by atoms with Crippen molar-refractivity contribution in [3.63, 3.8) is 0 Å². The van der Waals surface area contributed by atoms with E-state index in [1.165, 1.54) is 18.2 Å². The summed E-state index contributed by atoms with van der Waals surface area (Å²) >= 11 is 0. The molecular formula is C17H15F3N2O2S. The van der Waals surface area contributed by atoms with Gasteiger partial charge in [-0.2, -0.15) is 13.2 Å². The Kier molecular flexibility index (Phi) is 4.42. The van der Waals surface area contributed by atoms with Gasteiger partial charge >= 0.3 is 6.18 Å². The Bertz CT molecular complexity index is 916. The van der Waals surface area contributed by atoms with Crippen LogP contribution in [0.1, 0.15) is 36.1 Å². The maximum absolute atomic E-state index is 12.7. The van der Waals surface area contributed by atoms with Crippen LogP contribution in [-0.4, -0.2) is 13.4 Å². The molecule has 0 radical (unpaired) electrons. The predicted octanol–water partition coefficient (Wildman–Crippen LogP) is 3.84. The Labute approximate surface area is 143 Å². The van der Waals surface area contributed by atoms with E-state index in [-0.39, 0.29) is 4.90 Å². The average molecular weight is 368 g/mol. The van der Waals surface area contributed by atoms with Crippen molar-refractivity contribution in [1.82, 2.24) is 4.98 Å². The van der Waals surface area contributed by atoms with Crippen LogP contribution < -0.4 is 5.14 Å². The highest BCUT2D eigenvalue weighted by atomic mass is 32.2. The number of allylic oxidation sites excluding steroid dienone is 2. The number of aromatic nitrogens is 1. The van der Waals surface area contributed by atoms with E-state index >= 15 is 0 Å². The molecule has 0 aliphatic heterocycles. The van der Waals surface area contributed by atoms with Crippen molar-refractivity contribution in [2.45, 2.75) is 30.3 Å². The summed E-state index contributed by atoms with van der Waals surface area (Å²) < 4.78 is 60.6. The lowest BCUT2D eigenvalue weighted by molar-refractivity contribution is -0.137. The van der Waals surface area contributed by atoms with Crippen LogP contribution in [0, 0.1) is 0 Å². The van der Waals surface area contributed by atoms with Crippen LogP contribution in [0.15, 0.2) is 47.5 Å². The summed E-state index contributed by atoms with van der Waals surface area (Å²) in [6.45, 7) is 0. The second-order valence-electron chi connectivity index (χ2n) is 5.81. The van der Waals surface area contributed by atoms with Gasteiger partial charge in [-0.25, -0.2) is 13.6 Å². The molecule has 1 aliphatic carbocycles. The zero-order valence-electron chi connectivity index (χ0n) is 13.0. The van der Waals surface area contributed by atoms with Crippen LogP contribution in [0.5, 0.6) is 0 Å². The van der Waals surface area contributed by atoms with Crippen molar-refractivity contribution >= 4 is 21.2 Å². The molecule has 1 aromatic carbocycles. The highest BCUT2D eigenvalue weighted by Crippen LogP contribution is 2.39. The van der Waals surface area contributed by atoms with Gasteiger partial charge in [0, 0.05) is 6.20 Å². The van der Waals surface area contributed by atoms with Crippen molar-refractivity contribution in [1.29, 1.82) is 0 Å². The Morgan fingerprint density at radius 1 is 0.960 bits per heavy atom. The Balaban J connectivity index is 1.97. The number of primary sulfonamides is 1. The zero-order chi connectivity index (χ0) is 18.2. The first-order valence-electron chi connectivity index (χ1n) is 7.55. The molecule has 0 spiro atoms. The van der Waals surface area contributed by atoms with Crippen LogP contribution in [0.2, 0.25) is 0 Å². The molecule has 132 valence electrons. The lowest BCUT2D eigenvalue weighted by Crippen LogP contribution is -2.11. The first kappa shape index (κ1) is 17.6. The molecule has 25 heavy (non-hydrogen) atoms. The summed E-state index contributed by atoms with van der Waals surface area (Å²) in [5, 5.41) is 5.09. The lowest BCUT2D eigenvalue weighted by Gasteiger charge is -2.10. The van der Waals surface area contributed by atoms with Gasteiger partial charge in [0.15, 0.2) is 0 Å². The third-order valence-electron chi connectivity index (χ3n) is 4.15. The molecular weight excluding hydrogens is 353 g/mol. The molecule has 0 saturated carbocycles. The van der Waals surface area contributed by atoms with E-state index in [9.17, 15) is 21.6 Å². The monoisotopic (exact) mass is 368 g/mol. The first-order chi connectivity index (χ1) is 11.7. The molecule has 0 saturated heterocycles. The van der Waals surface area contributed by atoms with Crippen LogP contribution in [0.4, 0.5) is 13.2 Å². The molecule has 2 N–H and O–H groups in total. The molecule has 8 heteroatoms. The maximum Gasteiger partial charge on any atom is 0.417 e. The minimum Gasteiger partial charge on any atom is -0.256 e. The molecule has 0 bridgehead atoms. The number of nitrogens with two attached hydrogens (primary N) is 1. The van der Waals surface area contributed by atoms with Crippen molar-refractivity contribution in [2.75, 3.05) is 0 Å². The van der Waals surface area contributed by atoms with Crippen molar-refractivity contribution < 1.29 is 21.6 Å². The second kappa shape index (κ2) is 6.27. The van der Waals surface area contributed by atoms with Crippen LogP contribution in [0.25, 0.3) is 11.1 Å². The molecule has 0 fully saturated rings. The molecule has 0 unspecified atom stereocenters. The van der Waals surface area contributed by atoms with Gasteiger partial charge in [-0.1, -0.05) is 12.1 Å². The fraction of sp³-hybridized carbons (Fsp3) is 0.235. The fourth-order valence-electron chi connectivity index (χ4n) is 2.93. The number of halogens is 3. The van der Waals surface area contributed by atoms with E-state index < -0.39 is 21.8 Å². The number of benzene rings is 1. The van der Waals surface area contributed by atoms with Gasteiger partial charge in [0.2, 0.25) is 10.0 Å². The van der Waals surface area contributed by atoms with Gasteiger partial charge in [0.1, 0.15) is 0 Å². The van der Waals surface area contributed by atoms with Gasteiger partial charge in [0.05, 0.1) is 16.2 Å². The average Bonchev–Trinajstić information content (AvgIpc) is 3.03. The lowest BCUT2D eigenvalue weighted by atomic mass is 10.00. The molecule has 1 aromatic heterocycles. The third-order valence-corrected chi connectivity index (χ3v) is 5.08. The van der Waals surface area contributed by atoms with E-state index in [1.54, 1.807) is 12.1 Å². The van der Waals surface area contributed by atoms with Crippen molar-refractivity contribution in [3.05, 3.63) is 59.4 Å². The van der Waals surface area contributed by atoms with Crippen LogP contribution >= 0.6 is 0 Å². The quantitative estimate of drug-likeness (QED) is 0.895. The summed E-state index contributed by atoms with van der Waals surface area (Å²) in [4.78, 5) is 3.98. The minimum atomic E-state index is -4.41. The normalized spacial score (nSPS) is 15.7. The number of sulfonamides is 1. The number of hydrogen-bond donors (Lipinski definition) is 1. The largest absolute Gasteiger partial charge is 0.417 e. The van der Waals surface area contributed by atoms with Crippen LogP contribution in [0.3, 0.4) is 0 Å². The summed E-state index contributed by atoms with van der Waals surface area (Å²) in [7, 11) is -3.76. The number of hydrogen-bond acceptors (Lipinski definition) is 3. The van der Waals surface area contributed by atoms with E-state index in [0.717, 1.165) is 41.8 Å². The van der Waals surface area contributed by atoms with Crippen molar-refractivity contribution in [2.24, 2.45) is 5.14 Å². The number of alkyl halides is 3. The molecule has 2 aromatic rings. The SMILES string of the molecule is NS(=O)(=O)c1ccc(C2=C(c3ccc(C(F)(F)F)cn3)CCC2)cc1. The Morgan fingerprint density at radius 3 is 2.12 bits per heavy atom. The van der Waals surface area contributed by atoms with E-state index in [2.05, 4.69) is 4.98 Å². The highest BCUT2D eigenvalue weighted by Gasteiger charge is 2.31. The maximum atomic E-state index is 12.7. The molecule has 0 amide bonds. The summed E-state index contributed by atoms with van der Waals surface area (Å²) in [5.41, 5.74) is 2.40. The fourth-order valence-corrected chi connectivity index (χ4v) is 3.45. The molecule has 0 atom stereocenters.